The van der Waals surface area contributed by atoms with Crippen LogP contribution in [0.15, 0.2) is 116 Å². The average molecular weight is 1810 g/mol. The number of ketones is 3. The standard InChI is InChI=1S/C34H44Cl2S6.C28H32Cl2S3.C25H26Cl2O3.C3H8S2/c1-23-28(33(4)39-15-9-16-40-33)19-25(21-30(23)35)27(11-6-7-12-32(3)37-13-8-14-38-32)26-20-29(24(2)31(36)22-26)34(5)41-17-10-18-42-34;1-17(31-6)11-9-10-12-24(22-13-25(20(4)32-7)18(2)27(29)15-22)23-14-26(21(5)33-8)19(3)28(30)16-23;1-14(28)8-6-7-9-21(19-10-22(17(4)29)15(2)24(26)12-19)20-11-23(18(5)30)16(3)25(27)13-20;4-2-1-3-5/h11,19-22H,6-10,12-18H2,1-5H3;12-16H,1,4-5,9-11H2,2-3,6-8H3;9-13H,6-8H2,1-5H3;4-5H,1-3H2/p+1. The summed E-state index contributed by atoms with van der Waals surface area (Å²) in [4.78, 5) is 38.8. The van der Waals surface area contributed by atoms with Gasteiger partial charge in [-0.25, -0.2) is 0 Å². The molecule has 3 fully saturated rings. The Morgan fingerprint density at radius 1 is 0.418 bits per heavy atom. The second-order valence-electron chi connectivity index (χ2n) is 28.1. The van der Waals surface area contributed by atoms with Crippen molar-refractivity contribution in [3.05, 3.63) is 246 Å². The van der Waals surface area contributed by atoms with Gasteiger partial charge < -0.3 is 4.79 Å². The molecule has 20 heteroatoms. The third-order valence-corrected chi connectivity index (χ3v) is 34.8. The molecule has 0 atom stereocenters. The molecule has 3 nitrogen and oxygen atoms in total. The van der Waals surface area contributed by atoms with E-state index in [0.29, 0.717) is 44.5 Å². The molecule has 0 aromatic heterocycles. The van der Waals surface area contributed by atoms with Gasteiger partial charge in [-0.2, -0.15) is 25.3 Å². The van der Waals surface area contributed by atoms with Crippen LogP contribution in [0, 0.1) is 41.5 Å². The highest BCUT2D eigenvalue weighted by Crippen LogP contribution is 2.55. The molecule has 3 aliphatic heterocycles. The maximum atomic E-state index is 12.1. The van der Waals surface area contributed by atoms with Gasteiger partial charge >= 0.3 is 1.43 Å². The van der Waals surface area contributed by atoms with Gasteiger partial charge in [0.2, 0.25) is 0 Å². The van der Waals surface area contributed by atoms with Crippen LogP contribution in [0.25, 0.3) is 26.5 Å². The predicted molar refractivity (Wildman–Crippen MR) is 524 cm³/mol. The summed E-state index contributed by atoms with van der Waals surface area (Å²) < 4.78 is 0.396. The lowest BCUT2D eigenvalue weighted by Crippen LogP contribution is -2.21. The Morgan fingerprint density at radius 3 is 1.01 bits per heavy atom. The van der Waals surface area contributed by atoms with E-state index in [2.05, 4.69) is 217 Å². The fourth-order valence-corrected chi connectivity index (χ4v) is 25.4. The Labute approximate surface area is 741 Å². The van der Waals surface area contributed by atoms with Gasteiger partial charge in [-0.3, -0.25) is 9.59 Å². The average Bonchev–Trinajstić information content (AvgIpc) is 0.758. The van der Waals surface area contributed by atoms with Crippen molar-refractivity contribution in [2.75, 3.05) is 64.8 Å². The first-order valence-corrected chi connectivity index (χ1v) is 50.4. The highest BCUT2D eigenvalue weighted by Gasteiger charge is 2.36. The molecular weight excluding hydrogens is 1690 g/mol. The van der Waals surface area contributed by atoms with E-state index in [1.807, 2.05) is 70.5 Å². The maximum Gasteiger partial charge on any atom is 1.00 e. The smallest absolute Gasteiger partial charge is 0.300 e. The summed E-state index contributed by atoms with van der Waals surface area (Å²) in [6.45, 7) is 36.5. The van der Waals surface area contributed by atoms with Crippen LogP contribution in [-0.4, -0.2) is 86.2 Å². The second-order valence-corrected chi connectivity index (χ2v) is 44.3. The number of hydrogen-bond donors (Lipinski definition) is 2. The van der Waals surface area contributed by atoms with Crippen LogP contribution < -0.4 is 0 Å². The molecule has 9 rings (SSSR count). The van der Waals surface area contributed by atoms with Gasteiger partial charge in [-0.1, -0.05) is 108 Å². The molecular formula is C90H111Cl6O3S11+. The monoisotopic (exact) mass is 1800 g/mol. The number of carbonyl (C=O) groups is 3. The zero-order valence-corrected chi connectivity index (χ0v) is 80.4. The molecule has 0 spiro atoms. The number of thioether (sulfide) groups is 9. The zero-order chi connectivity index (χ0) is 81.4. The van der Waals surface area contributed by atoms with Crippen molar-refractivity contribution in [2.24, 2.45) is 0 Å². The van der Waals surface area contributed by atoms with E-state index in [-0.39, 0.29) is 26.9 Å². The largest absolute Gasteiger partial charge is 1.00 e. The van der Waals surface area contributed by atoms with E-state index in [0.717, 1.165) is 140 Å². The number of Topliss-reactive ketones (excluding diaryl/α,β-unsaturated/α-hetero) is 3. The summed E-state index contributed by atoms with van der Waals surface area (Å²) in [7, 11) is 0. The van der Waals surface area contributed by atoms with E-state index in [9.17, 15) is 14.4 Å². The quantitative estimate of drug-likeness (QED) is 0.0267. The van der Waals surface area contributed by atoms with Gasteiger partial charge in [-0.15, -0.1) is 106 Å². The highest BCUT2D eigenvalue weighted by molar-refractivity contribution is 8.19. The fourth-order valence-electron chi connectivity index (χ4n) is 13.1. The summed E-state index contributed by atoms with van der Waals surface area (Å²) in [5.41, 5.74) is 21.4. The van der Waals surface area contributed by atoms with Crippen LogP contribution >= 0.6 is 201 Å². The number of benzene rings is 6. The van der Waals surface area contributed by atoms with Crippen molar-refractivity contribution in [3.8, 4) is 0 Å². The van der Waals surface area contributed by atoms with Crippen molar-refractivity contribution < 1.29 is 15.8 Å². The zero-order valence-electron chi connectivity index (χ0n) is 67.7. The third-order valence-electron chi connectivity index (χ3n) is 19.8. The van der Waals surface area contributed by atoms with Crippen LogP contribution in [0.5, 0.6) is 0 Å². The molecule has 0 radical (unpaired) electrons. The number of thiol groups is 2. The first-order valence-electron chi connectivity index (χ1n) is 37.3. The molecule has 0 saturated carbocycles. The fraction of sp³-hybridized carbons (Fsp3) is 0.433. The number of carbonyl (C=O) groups excluding carboxylic acids is 3. The molecule has 3 saturated heterocycles. The first-order chi connectivity index (χ1) is 52.1. The Hall–Kier alpha value is -1.64. The topological polar surface area (TPSA) is 51.2 Å². The summed E-state index contributed by atoms with van der Waals surface area (Å²) in [5, 5.41) is 4.22. The lowest BCUT2D eigenvalue weighted by Gasteiger charge is -2.35. The number of allylic oxidation sites excluding steroid dienone is 4. The minimum Gasteiger partial charge on any atom is -0.300 e. The molecule has 0 N–H and O–H groups in total. The van der Waals surface area contributed by atoms with Crippen molar-refractivity contribution >= 4 is 245 Å². The summed E-state index contributed by atoms with van der Waals surface area (Å²) in [6, 6.07) is 25.1. The predicted octanol–water partition coefficient (Wildman–Crippen LogP) is 32.2. The summed E-state index contributed by atoms with van der Waals surface area (Å²) >= 11 is 65.9. The molecule has 6 aromatic carbocycles. The van der Waals surface area contributed by atoms with E-state index in [4.69, 9.17) is 69.6 Å². The lowest BCUT2D eigenvalue weighted by atomic mass is 9.90. The third kappa shape index (κ3) is 27.7. The first kappa shape index (κ1) is 97.2. The van der Waals surface area contributed by atoms with Crippen LogP contribution in [0.4, 0.5) is 0 Å². The van der Waals surface area contributed by atoms with Gasteiger partial charge in [0, 0.05) is 57.5 Å². The van der Waals surface area contributed by atoms with Gasteiger partial charge in [0.05, 0.1) is 12.2 Å². The highest BCUT2D eigenvalue weighted by atomic mass is 35.5. The van der Waals surface area contributed by atoms with Gasteiger partial charge in [0.25, 0.3) is 0 Å². The SMILES string of the molecule is C=C(CCCC=C(c1cc(Cl)c(C)c(C(=C)SC)c1)c1cc(Cl)c(C)c(C(=C)SC)c1)SC.CC(=O)CCCC=C(c1cc(Cl)c(C)c(C(C)=O)c1)c1cc(Cl)c(C)c(C(C)=O)c1.Cc1c(Cl)cc(C(=CCCCC2(C)SCCCS2)c2cc(Cl)c(C)c(C3(C)SCCCS3)c2)cc1C1(C)SCCCS1.SCCCS.[H+]. The minimum absolute atomic E-state index is 0. The van der Waals surface area contributed by atoms with Crippen LogP contribution in [0.2, 0.25) is 30.1 Å². The van der Waals surface area contributed by atoms with Gasteiger partial charge in [0.1, 0.15) is 5.78 Å². The Bertz CT molecular complexity index is 4150. The molecule has 0 amide bonds. The molecule has 596 valence electrons. The summed E-state index contributed by atoms with van der Waals surface area (Å²) in [5.74, 6) is 9.32. The minimum atomic E-state index is -0.0708. The van der Waals surface area contributed by atoms with E-state index in [1.54, 1.807) is 42.2 Å². The molecule has 3 heterocycles. The Balaban J connectivity index is 0.000000292. The molecule has 0 aliphatic carbocycles. The lowest BCUT2D eigenvalue weighted by molar-refractivity contribution is -0.117. The Morgan fingerprint density at radius 2 is 0.709 bits per heavy atom. The molecule has 3 aliphatic rings. The van der Waals surface area contributed by atoms with Crippen LogP contribution in [-0.2, 0) is 13.0 Å². The van der Waals surface area contributed by atoms with Crippen molar-refractivity contribution in [3.63, 3.8) is 0 Å². The number of rotatable bonds is 29. The van der Waals surface area contributed by atoms with Crippen molar-refractivity contribution in [1.29, 1.82) is 0 Å². The number of hydrogen-bond acceptors (Lipinski definition) is 14. The maximum absolute atomic E-state index is 12.1. The Kier molecular flexibility index (Phi) is 41.7. The number of unbranched alkanes of at least 4 members (excludes halogenated alkanes) is 3. The van der Waals surface area contributed by atoms with Crippen molar-refractivity contribution in [1.82, 2.24) is 0 Å². The number of halogens is 6. The van der Waals surface area contributed by atoms with Crippen LogP contribution in [0.1, 0.15) is 236 Å². The van der Waals surface area contributed by atoms with E-state index in [1.165, 1.54) is 124 Å². The molecule has 0 unspecified atom stereocenters. The van der Waals surface area contributed by atoms with Gasteiger partial charge in [-0.05, 0) is 408 Å². The van der Waals surface area contributed by atoms with Gasteiger partial charge in [0.15, 0.2) is 11.6 Å². The van der Waals surface area contributed by atoms with Crippen molar-refractivity contribution in [2.45, 2.75) is 179 Å². The molecule has 0 bridgehead atoms. The molecule has 6 aromatic rings. The second kappa shape index (κ2) is 47.2. The van der Waals surface area contributed by atoms with E-state index >= 15 is 0 Å². The van der Waals surface area contributed by atoms with Crippen LogP contribution in [0.3, 0.4) is 0 Å². The normalized spacial score (nSPS) is 14.8. The van der Waals surface area contributed by atoms with E-state index < -0.39 is 0 Å². The summed E-state index contributed by atoms with van der Waals surface area (Å²) in [6.07, 6.45) is 26.3. The molecule has 110 heavy (non-hydrogen) atoms.